The van der Waals surface area contributed by atoms with Gasteiger partial charge in [0, 0.05) is 16.9 Å². The highest BCUT2D eigenvalue weighted by atomic mass is 35.5. The molecule has 0 fully saturated rings. The van der Waals surface area contributed by atoms with Gasteiger partial charge in [0.05, 0.1) is 23.5 Å². The number of hydrogen-bond acceptors (Lipinski definition) is 4. The van der Waals surface area contributed by atoms with E-state index in [4.69, 9.17) is 27.6 Å². The Labute approximate surface area is 148 Å². The third-order valence-electron chi connectivity index (χ3n) is 3.22. The van der Waals surface area contributed by atoms with E-state index in [0.717, 1.165) is 11.4 Å². The minimum atomic E-state index is -0.360. The predicted molar refractivity (Wildman–Crippen MR) is 94.7 cm³/mol. The summed E-state index contributed by atoms with van der Waals surface area (Å²) < 4.78 is 5.25. The molecule has 0 unspecified atom stereocenters. The van der Waals surface area contributed by atoms with Crippen molar-refractivity contribution in [2.24, 2.45) is 0 Å². The highest BCUT2D eigenvalue weighted by molar-refractivity contribution is 6.36. The van der Waals surface area contributed by atoms with E-state index in [1.54, 1.807) is 42.8 Å². The first-order valence-corrected chi connectivity index (χ1v) is 7.86. The Bertz CT molecular complexity index is 851. The third kappa shape index (κ3) is 4.07. The van der Waals surface area contributed by atoms with E-state index in [1.807, 2.05) is 12.1 Å². The first-order valence-electron chi connectivity index (χ1n) is 7.10. The fourth-order valence-corrected chi connectivity index (χ4v) is 2.50. The number of halogens is 2. The molecular formula is C17H13Cl2N3O2. The van der Waals surface area contributed by atoms with Crippen LogP contribution in [-0.4, -0.2) is 10.9 Å². The number of carbonyl (C=O) groups excluding carboxylic acids is 1. The SMILES string of the molecule is O=C(Nc1ccc(Cl)cc1Cl)c1cc(NCc2ccco2)ccn1. The average Bonchev–Trinajstić information content (AvgIpc) is 3.09. The van der Waals surface area contributed by atoms with E-state index >= 15 is 0 Å². The van der Waals surface area contributed by atoms with Crippen LogP contribution in [-0.2, 0) is 6.54 Å². The second-order valence-corrected chi connectivity index (χ2v) is 5.78. The molecule has 2 N–H and O–H groups in total. The summed E-state index contributed by atoms with van der Waals surface area (Å²) in [6.45, 7) is 0.515. The van der Waals surface area contributed by atoms with Gasteiger partial charge in [0.25, 0.3) is 5.91 Å². The second kappa shape index (κ2) is 7.38. The number of rotatable bonds is 5. The summed E-state index contributed by atoms with van der Waals surface area (Å²) >= 11 is 11.9. The van der Waals surface area contributed by atoms with Gasteiger partial charge in [0.2, 0.25) is 0 Å². The molecule has 0 spiro atoms. The molecule has 3 aromatic rings. The molecule has 0 aliphatic heterocycles. The standard InChI is InChI=1S/C17H13Cl2N3O2/c18-11-3-4-15(14(19)8-11)22-17(23)16-9-12(5-6-20-16)21-10-13-2-1-7-24-13/h1-9H,10H2,(H,20,21)(H,22,23). The van der Waals surface area contributed by atoms with Crippen molar-refractivity contribution >= 4 is 40.5 Å². The van der Waals surface area contributed by atoms with E-state index in [0.29, 0.717) is 22.3 Å². The molecule has 3 rings (SSSR count). The van der Waals surface area contributed by atoms with Crippen molar-refractivity contribution in [3.05, 3.63) is 76.4 Å². The lowest BCUT2D eigenvalue weighted by Gasteiger charge is -2.09. The molecular weight excluding hydrogens is 349 g/mol. The first-order chi connectivity index (χ1) is 11.6. The van der Waals surface area contributed by atoms with Gasteiger partial charge in [-0.3, -0.25) is 9.78 Å². The zero-order chi connectivity index (χ0) is 16.9. The maximum atomic E-state index is 12.3. The number of nitrogens with zero attached hydrogens (tertiary/aromatic N) is 1. The maximum absolute atomic E-state index is 12.3. The van der Waals surface area contributed by atoms with E-state index < -0.39 is 0 Å². The van der Waals surface area contributed by atoms with Crippen LogP contribution in [0.25, 0.3) is 0 Å². The largest absolute Gasteiger partial charge is 0.467 e. The molecule has 24 heavy (non-hydrogen) atoms. The monoisotopic (exact) mass is 361 g/mol. The summed E-state index contributed by atoms with van der Waals surface area (Å²) in [5.41, 5.74) is 1.50. The summed E-state index contributed by atoms with van der Waals surface area (Å²) in [6, 6.07) is 12.0. The van der Waals surface area contributed by atoms with Crippen molar-refractivity contribution in [1.82, 2.24) is 4.98 Å². The Hall–Kier alpha value is -2.50. The van der Waals surface area contributed by atoms with Crippen molar-refractivity contribution in [1.29, 1.82) is 0 Å². The molecule has 0 bridgehead atoms. The van der Waals surface area contributed by atoms with E-state index in [-0.39, 0.29) is 11.6 Å². The third-order valence-corrected chi connectivity index (χ3v) is 3.77. The number of aromatic nitrogens is 1. The van der Waals surface area contributed by atoms with Crippen LogP contribution in [0.1, 0.15) is 16.2 Å². The molecule has 0 aliphatic carbocycles. The van der Waals surface area contributed by atoms with Crippen molar-refractivity contribution in [3.63, 3.8) is 0 Å². The number of hydrogen-bond donors (Lipinski definition) is 2. The zero-order valence-electron chi connectivity index (χ0n) is 12.4. The Morgan fingerprint density at radius 1 is 1.17 bits per heavy atom. The number of nitrogens with one attached hydrogen (secondary N) is 2. The Morgan fingerprint density at radius 2 is 2.04 bits per heavy atom. The number of furan rings is 1. The summed E-state index contributed by atoms with van der Waals surface area (Å²) in [5.74, 6) is 0.437. The van der Waals surface area contributed by atoms with E-state index in [1.165, 1.54) is 0 Å². The normalized spacial score (nSPS) is 10.4. The van der Waals surface area contributed by atoms with Gasteiger partial charge in [-0.15, -0.1) is 0 Å². The molecule has 0 aliphatic rings. The summed E-state index contributed by atoms with van der Waals surface area (Å²) in [5, 5.41) is 6.74. The summed E-state index contributed by atoms with van der Waals surface area (Å²) in [7, 11) is 0. The topological polar surface area (TPSA) is 67.2 Å². The van der Waals surface area contributed by atoms with Crippen molar-refractivity contribution in [2.75, 3.05) is 10.6 Å². The van der Waals surface area contributed by atoms with Crippen LogP contribution >= 0.6 is 23.2 Å². The van der Waals surface area contributed by atoms with Gasteiger partial charge in [-0.1, -0.05) is 23.2 Å². The molecule has 1 aromatic carbocycles. The first kappa shape index (κ1) is 16.4. The number of amides is 1. The fraction of sp³-hybridized carbons (Fsp3) is 0.0588. The fourth-order valence-electron chi connectivity index (χ4n) is 2.04. The van der Waals surface area contributed by atoms with Crippen LogP contribution in [0.4, 0.5) is 11.4 Å². The smallest absolute Gasteiger partial charge is 0.274 e. The molecule has 122 valence electrons. The van der Waals surface area contributed by atoms with Crippen LogP contribution < -0.4 is 10.6 Å². The van der Waals surface area contributed by atoms with Gasteiger partial charge >= 0.3 is 0 Å². The molecule has 0 radical (unpaired) electrons. The van der Waals surface area contributed by atoms with E-state index in [2.05, 4.69) is 15.6 Å². The zero-order valence-corrected chi connectivity index (χ0v) is 13.9. The minimum absolute atomic E-state index is 0.269. The second-order valence-electron chi connectivity index (χ2n) is 4.94. The molecule has 7 heteroatoms. The Kier molecular flexibility index (Phi) is 5.03. The van der Waals surface area contributed by atoms with Gasteiger partial charge < -0.3 is 15.1 Å². The Morgan fingerprint density at radius 3 is 2.79 bits per heavy atom. The number of benzene rings is 1. The lowest BCUT2D eigenvalue weighted by molar-refractivity contribution is 0.102. The number of anilines is 2. The van der Waals surface area contributed by atoms with Gasteiger partial charge in [-0.2, -0.15) is 0 Å². The van der Waals surface area contributed by atoms with Crippen LogP contribution in [0.2, 0.25) is 10.0 Å². The highest BCUT2D eigenvalue weighted by Crippen LogP contribution is 2.25. The van der Waals surface area contributed by atoms with Crippen LogP contribution in [0.5, 0.6) is 0 Å². The van der Waals surface area contributed by atoms with Crippen molar-refractivity contribution in [3.8, 4) is 0 Å². The average molecular weight is 362 g/mol. The number of carbonyl (C=O) groups is 1. The van der Waals surface area contributed by atoms with E-state index in [9.17, 15) is 4.79 Å². The summed E-state index contributed by atoms with van der Waals surface area (Å²) in [4.78, 5) is 16.4. The van der Waals surface area contributed by atoms with Crippen LogP contribution in [0.15, 0.2) is 59.3 Å². The molecule has 0 atom stereocenters. The van der Waals surface area contributed by atoms with Gasteiger partial charge in [0.1, 0.15) is 11.5 Å². The van der Waals surface area contributed by atoms with Crippen LogP contribution in [0, 0.1) is 0 Å². The predicted octanol–water partition coefficient (Wildman–Crippen LogP) is 4.85. The van der Waals surface area contributed by atoms with Crippen molar-refractivity contribution in [2.45, 2.75) is 6.54 Å². The van der Waals surface area contributed by atoms with Gasteiger partial charge in [0.15, 0.2) is 0 Å². The van der Waals surface area contributed by atoms with Gasteiger partial charge in [-0.05, 0) is 42.5 Å². The molecule has 1 amide bonds. The van der Waals surface area contributed by atoms with Crippen molar-refractivity contribution < 1.29 is 9.21 Å². The molecule has 5 nitrogen and oxygen atoms in total. The van der Waals surface area contributed by atoms with Gasteiger partial charge in [-0.25, -0.2) is 0 Å². The lowest BCUT2D eigenvalue weighted by Crippen LogP contribution is -2.14. The maximum Gasteiger partial charge on any atom is 0.274 e. The quantitative estimate of drug-likeness (QED) is 0.681. The summed E-state index contributed by atoms with van der Waals surface area (Å²) in [6.07, 6.45) is 3.17. The Balaban J connectivity index is 1.69. The molecule has 0 saturated carbocycles. The highest BCUT2D eigenvalue weighted by Gasteiger charge is 2.11. The minimum Gasteiger partial charge on any atom is -0.467 e. The molecule has 2 aromatic heterocycles. The molecule has 0 saturated heterocycles. The van der Waals surface area contributed by atoms with Crippen LogP contribution in [0.3, 0.4) is 0 Å². The molecule has 2 heterocycles. The lowest BCUT2D eigenvalue weighted by atomic mass is 10.2. The number of pyridine rings is 1.